The molecule has 0 unspecified atom stereocenters. The number of nitrogens with one attached hydrogen (secondary N) is 1. The second-order valence-electron chi connectivity index (χ2n) is 7.22. The van der Waals surface area contributed by atoms with Crippen LogP contribution in [0.3, 0.4) is 0 Å². The number of alkyl halides is 3. The number of benzene rings is 1. The molecule has 1 aromatic carbocycles. The van der Waals surface area contributed by atoms with Crippen molar-refractivity contribution in [2.24, 2.45) is 0 Å². The lowest BCUT2D eigenvalue weighted by Gasteiger charge is -2.25. The Morgan fingerprint density at radius 3 is 2.55 bits per heavy atom. The molecule has 6 nitrogen and oxygen atoms in total. The lowest BCUT2D eigenvalue weighted by molar-refractivity contribution is -0.143. The molecule has 0 saturated heterocycles. The second-order valence-corrected chi connectivity index (χ2v) is 7.65. The number of rotatable bonds is 4. The van der Waals surface area contributed by atoms with E-state index in [-0.39, 0.29) is 22.6 Å². The summed E-state index contributed by atoms with van der Waals surface area (Å²) in [6.45, 7) is 0. The molecule has 33 heavy (non-hydrogen) atoms. The average molecular weight is 467 g/mol. The summed E-state index contributed by atoms with van der Waals surface area (Å²) in [4.78, 5) is 20.8. The molecule has 0 radical (unpaired) electrons. The highest BCUT2D eigenvalue weighted by Gasteiger charge is 2.43. The predicted octanol–water partition coefficient (Wildman–Crippen LogP) is 6.00. The summed E-state index contributed by atoms with van der Waals surface area (Å²) in [6.07, 6.45) is 1.00. The van der Waals surface area contributed by atoms with E-state index in [1.165, 1.54) is 24.8 Å². The first-order valence-electron chi connectivity index (χ1n) is 9.80. The van der Waals surface area contributed by atoms with Crippen LogP contribution in [0.15, 0.2) is 73.4 Å². The Kier molecular flexibility index (Phi) is 5.26. The largest absolute Gasteiger partial charge is 0.412 e. The van der Waals surface area contributed by atoms with E-state index in [1.807, 2.05) is 0 Å². The fourth-order valence-corrected chi connectivity index (χ4v) is 3.77. The number of pyridine rings is 3. The van der Waals surface area contributed by atoms with Crippen molar-refractivity contribution in [2.75, 3.05) is 5.32 Å². The molecule has 10 heteroatoms. The van der Waals surface area contributed by atoms with E-state index in [0.29, 0.717) is 27.0 Å². The molecule has 1 N–H and O–H groups in total. The van der Waals surface area contributed by atoms with E-state index in [2.05, 4.69) is 30.2 Å². The van der Waals surface area contributed by atoms with Crippen LogP contribution >= 0.6 is 11.6 Å². The van der Waals surface area contributed by atoms with Crippen LogP contribution in [0.25, 0.3) is 33.2 Å². The number of hydrogen-bond acceptors (Lipinski definition) is 6. The lowest BCUT2D eigenvalue weighted by Crippen LogP contribution is -2.29. The van der Waals surface area contributed by atoms with Gasteiger partial charge in [0.2, 0.25) is 0 Å². The van der Waals surface area contributed by atoms with Gasteiger partial charge in [-0.3, -0.25) is 9.97 Å². The zero-order valence-electron chi connectivity index (χ0n) is 16.8. The van der Waals surface area contributed by atoms with E-state index >= 15 is 0 Å². The fourth-order valence-electron chi connectivity index (χ4n) is 3.59. The van der Waals surface area contributed by atoms with Gasteiger partial charge in [0.25, 0.3) is 0 Å². The third-order valence-corrected chi connectivity index (χ3v) is 5.29. The Bertz CT molecular complexity index is 1450. The number of anilines is 1. The van der Waals surface area contributed by atoms with Crippen molar-refractivity contribution >= 4 is 39.4 Å². The molecule has 4 heterocycles. The smallest absolute Gasteiger partial charge is 0.353 e. The number of hydrogen-bond donors (Lipinski definition) is 1. The molecule has 0 aliphatic rings. The maximum absolute atomic E-state index is 14.5. The van der Waals surface area contributed by atoms with Crippen LogP contribution in [0.2, 0.25) is 5.02 Å². The van der Waals surface area contributed by atoms with E-state index in [4.69, 9.17) is 11.6 Å². The van der Waals surface area contributed by atoms with Crippen molar-refractivity contribution in [1.29, 1.82) is 0 Å². The molecule has 0 aliphatic heterocycles. The molecular weight excluding hydrogens is 453 g/mol. The molecule has 1 atom stereocenters. The number of halogens is 4. The number of nitrogens with zero attached hydrogens (tertiary/aromatic N) is 5. The van der Waals surface area contributed by atoms with E-state index in [1.54, 1.807) is 48.7 Å². The van der Waals surface area contributed by atoms with Crippen LogP contribution in [0, 0.1) is 0 Å². The van der Waals surface area contributed by atoms with E-state index in [0.717, 1.165) is 0 Å². The molecule has 0 bridgehead atoms. The maximum Gasteiger partial charge on any atom is 0.412 e. The van der Waals surface area contributed by atoms with Crippen LogP contribution in [0.5, 0.6) is 0 Å². The Morgan fingerprint density at radius 2 is 1.76 bits per heavy atom. The normalized spacial score (nSPS) is 12.7. The van der Waals surface area contributed by atoms with Crippen molar-refractivity contribution < 1.29 is 13.2 Å². The zero-order valence-corrected chi connectivity index (χ0v) is 17.5. The molecule has 5 aromatic rings. The minimum absolute atomic E-state index is 0.0359. The summed E-state index contributed by atoms with van der Waals surface area (Å²) in [5.74, 6) is -0.0359. The fraction of sp³-hybridized carbons (Fsp3) is 0.0870. The first kappa shape index (κ1) is 21.0. The highest BCUT2D eigenvalue weighted by Crippen LogP contribution is 2.41. The first-order chi connectivity index (χ1) is 15.9. The first-order valence-corrected chi connectivity index (χ1v) is 10.2. The maximum atomic E-state index is 14.5. The monoisotopic (exact) mass is 466 g/mol. The van der Waals surface area contributed by atoms with Crippen molar-refractivity contribution in [3.05, 3.63) is 84.0 Å². The minimum atomic E-state index is -4.68. The average Bonchev–Trinajstić information content (AvgIpc) is 2.81. The molecule has 164 valence electrons. The predicted molar refractivity (Wildman–Crippen MR) is 120 cm³/mol. The Morgan fingerprint density at radius 1 is 0.909 bits per heavy atom. The number of fused-ring (bicyclic) bond motifs is 2. The van der Waals surface area contributed by atoms with Crippen molar-refractivity contribution in [3.63, 3.8) is 0 Å². The molecule has 4 aromatic heterocycles. The van der Waals surface area contributed by atoms with Crippen molar-refractivity contribution in [1.82, 2.24) is 24.9 Å². The Balaban J connectivity index is 1.74. The summed E-state index contributed by atoms with van der Waals surface area (Å²) in [5, 5.41) is 3.41. The highest BCUT2D eigenvalue weighted by molar-refractivity contribution is 6.31. The molecule has 0 aliphatic carbocycles. The van der Waals surface area contributed by atoms with Crippen molar-refractivity contribution in [2.45, 2.75) is 12.2 Å². The van der Waals surface area contributed by atoms with Gasteiger partial charge >= 0.3 is 6.18 Å². The van der Waals surface area contributed by atoms with Crippen LogP contribution in [0.1, 0.15) is 11.6 Å². The summed E-state index contributed by atoms with van der Waals surface area (Å²) in [5.41, 5.74) is 1.68. The van der Waals surface area contributed by atoms with Gasteiger partial charge in [-0.2, -0.15) is 13.2 Å². The van der Waals surface area contributed by atoms with Gasteiger partial charge < -0.3 is 5.32 Å². The van der Waals surface area contributed by atoms with Crippen LogP contribution in [-0.4, -0.2) is 31.1 Å². The SMILES string of the molecule is FC(F)(F)[C@H](Nc1ncnc2cccnc12)c1cc2cc(Cl)ccc2nc1-c1cccnc1. The Labute approximate surface area is 190 Å². The van der Waals surface area contributed by atoms with Gasteiger partial charge in [-0.15, -0.1) is 0 Å². The Hall–Kier alpha value is -3.85. The topological polar surface area (TPSA) is 76.5 Å². The van der Waals surface area contributed by atoms with Gasteiger partial charge in [-0.05, 0) is 48.5 Å². The molecule has 0 saturated carbocycles. The van der Waals surface area contributed by atoms with Gasteiger partial charge in [0, 0.05) is 40.1 Å². The van der Waals surface area contributed by atoms with E-state index in [9.17, 15) is 13.2 Å². The second kappa shape index (κ2) is 8.25. The standard InChI is InChI=1S/C23H14ClF3N6/c24-15-5-6-17-14(9-15)10-16(19(32-17)13-3-1-7-28-11-13)21(23(25,26)27)33-22-20-18(30-12-31-22)4-2-8-29-20/h1-12,21H,(H,30,31,33)/t21-/m1/s1. The van der Waals surface area contributed by atoms with Gasteiger partial charge in [0.1, 0.15) is 11.8 Å². The van der Waals surface area contributed by atoms with Crippen molar-refractivity contribution in [3.8, 4) is 11.3 Å². The summed E-state index contributed by atoms with van der Waals surface area (Å²) < 4.78 is 43.4. The lowest BCUT2D eigenvalue weighted by atomic mass is 9.98. The molecule has 0 spiro atoms. The summed E-state index contributed by atoms with van der Waals surface area (Å²) in [6, 6.07) is 10.8. The highest BCUT2D eigenvalue weighted by atomic mass is 35.5. The minimum Gasteiger partial charge on any atom is -0.353 e. The van der Waals surface area contributed by atoms with Gasteiger partial charge in [-0.25, -0.2) is 15.0 Å². The number of aromatic nitrogens is 5. The molecular formula is C23H14ClF3N6. The molecule has 0 amide bonds. The van der Waals surface area contributed by atoms with Gasteiger partial charge in [-0.1, -0.05) is 11.6 Å². The van der Waals surface area contributed by atoms with Crippen LogP contribution < -0.4 is 5.32 Å². The quantitative estimate of drug-likeness (QED) is 0.350. The van der Waals surface area contributed by atoms with Crippen LogP contribution in [-0.2, 0) is 0 Å². The molecule has 0 fully saturated rings. The summed E-state index contributed by atoms with van der Waals surface area (Å²) >= 11 is 6.09. The third-order valence-electron chi connectivity index (χ3n) is 5.06. The van der Waals surface area contributed by atoms with Gasteiger partial charge in [0.15, 0.2) is 11.9 Å². The zero-order chi connectivity index (χ0) is 23.0. The van der Waals surface area contributed by atoms with Gasteiger partial charge in [0.05, 0.1) is 16.7 Å². The van der Waals surface area contributed by atoms with E-state index < -0.39 is 12.2 Å². The summed E-state index contributed by atoms with van der Waals surface area (Å²) in [7, 11) is 0. The molecule has 5 rings (SSSR count). The third kappa shape index (κ3) is 4.14. The van der Waals surface area contributed by atoms with Crippen LogP contribution in [0.4, 0.5) is 19.0 Å².